The van der Waals surface area contributed by atoms with Gasteiger partial charge in [-0.2, -0.15) is 0 Å². The largest absolute Gasteiger partial charge is 0.588 e. The highest BCUT2D eigenvalue weighted by Crippen LogP contribution is 2.38. The number of amides is 2. The number of nitrogens with one attached hydrogen (secondary N) is 2. The van der Waals surface area contributed by atoms with Gasteiger partial charge in [-0.25, -0.2) is 4.79 Å². The van der Waals surface area contributed by atoms with Gasteiger partial charge in [0.25, 0.3) is 0 Å². The van der Waals surface area contributed by atoms with Crippen LogP contribution < -0.4 is 10.0 Å². The second-order valence-corrected chi connectivity index (χ2v) is 10.9. The van der Waals surface area contributed by atoms with E-state index >= 15 is 0 Å². The van der Waals surface area contributed by atoms with Gasteiger partial charge in [-0.15, -0.1) is 4.72 Å². The quantitative estimate of drug-likeness (QED) is 0.433. The zero-order chi connectivity index (χ0) is 23.9. The molecule has 5 nitrogen and oxygen atoms in total. The Hall–Kier alpha value is -2.80. The minimum atomic E-state index is -1.79. The van der Waals surface area contributed by atoms with Crippen molar-refractivity contribution in [3.63, 3.8) is 0 Å². The lowest BCUT2D eigenvalue weighted by atomic mass is 9.94. The van der Waals surface area contributed by atoms with Crippen molar-refractivity contribution < 1.29 is 14.5 Å². The summed E-state index contributed by atoms with van der Waals surface area (Å²) in [5.41, 5.74) is 7.37. The van der Waals surface area contributed by atoms with E-state index in [4.69, 9.17) is 0 Å². The fourth-order valence-corrected chi connectivity index (χ4v) is 5.91. The molecule has 0 aromatic heterocycles. The molecule has 0 saturated heterocycles. The third kappa shape index (κ3) is 4.58. The number of rotatable bonds is 5. The SMILES string of the molecule is CC(C)(O)c1cc(-c2ccccc2)cc([S+]([O-])NC(=O)Nc2c3c(cc4c2CCC4)CCC3)c1. The van der Waals surface area contributed by atoms with E-state index in [0.29, 0.717) is 10.5 Å². The van der Waals surface area contributed by atoms with Gasteiger partial charge < -0.3 is 15.0 Å². The van der Waals surface area contributed by atoms with Crippen LogP contribution in [0.2, 0.25) is 0 Å². The highest BCUT2D eigenvalue weighted by molar-refractivity contribution is 7.90. The molecule has 0 spiro atoms. The average Bonchev–Trinajstić information content (AvgIpc) is 3.48. The van der Waals surface area contributed by atoms with Crippen LogP contribution in [0.15, 0.2) is 59.5 Å². The summed E-state index contributed by atoms with van der Waals surface area (Å²) < 4.78 is 15.9. The van der Waals surface area contributed by atoms with Gasteiger partial charge in [0.15, 0.2) is 4.90 Å². The Labute approximate surface area is 203 Å². The first-order valence-electron chi connectivity index (χ1n) is 11.9. The molecule has 0 heterocycles. The van der Waals surface area contributed by atoms with E-state index in [1.807, 2.05) is 36.4 Å². The number of anilines is 1. The molecule has 6 heteroatoms. The summed E-state index contributed by atoms with van der Waals surface area (Å²) in [6.45, 7) is 3.39. The van der Waals surface area contributed by atoms with Gasteiger partial charge in [0.2, 0.25) is 0 Å². The molecule has 2 aliphatic carbocycles. The average molecular weight is 475 g/mol. The predicted octanol–water partition coefficient (Wildman–Crippen LogP) is 5.40. The Balaban J connectivity index is 1.41. The molecule has 2 amide bonds. The highest BCUT2D eigenvalue weighted by Gasteiger charge is 2.27. The maximum atomic E-state index is 13.2. The minimum absolute atomic E-state index is 0.442. The first-order chi connectivity index (χ1) is 16.3. The summed E-state index contributed by atoms with van der Waals surface area (Å²) >= 11 is -1.79. The standard InChI is InChI=1S/C28H30N2O3S/c1-28(2,32)22-15-21(18-8-4-3-5-9-18)16-23(17-22)34(33)30-27(31)29-26-24-12-6-10-19(24)14-20-11-7-13-25(20)26/h3-5,8-9,14-17,32H,6-7,10-13H2,1-2H3,(H2,29,30,31). The molecule has 0 saturated carbocycles. The van der Waals surface area contributed by atoms with Crippen molar-refractivity contribution in [3.8, 4) is 11.1 Å². The van der Waals surface area contributed by atoms with Crippen LogP contribution >= 0.6 is 0 Å². The molecule has 176 valence electrons. The summed E-state index contributed by atoms with van der Waals surface area (Å²) in [6, 6.07) is 17.0. The third-order valence-corrected chi connectivity index (χ3v) is 7.87. The van der Waals surface area contributed by atoms with Crippen LogP contribution in [0.1, 0.15) is 54.5 Å². The Kier molecular flexibility index (Phi) is 6.15. The third-order valence-electron chi connectivity index (χ3n) is 6.83. The summed E-state index contributed by atoms with van der Waals surface area (Å²) in [5.74, 6) is 0. The number of hydrogen-bond acceptors (Lipinski definition) is 3. The maximum absolute atomic E-state index is 13.2. The van der Waals surface area contributed by atoms with Gasteiger partial charge in [0, 0.05) is 17.8 Å². The van der Waals surface area contributed by atoms with Crippen LogP contribution in [0.3, 0.4) is 0 Å². The second kappa shape index (κ2) is 9.10. The van der Waals surface area contributed by atoms with Crippen molar-refractivity contribution in [3.05, 3.63) is 82.4 Å². The molecule has 1 unspecified atom stereocenters. The predicted molar refractivity (Wildman–Crippen MR) is 136 cm³/mol. The molecule has 3 aromatic rings. The normalized spacial score (nSPS) is 15.5. The zero-order valence-corrected chi connectivity index (χ0v) is 20.4. The molecular formula is C28H30N2O3S. The Morgan fingerprint density at radius 3 is 2.18 bits per heavy atom. The molecule has 34 heavy (non-hydrogen) atoms. The van der Waals surface area contributed by atoms with Crippen molar-refractivity contribution in [2.24, 2.45) is 0 Å². The van der Waals surface area contributed by atoms with Crippen molar-refractivity contribution in [1.82, 2.24) is 4.72 Å². The van der Waals surface area contributed by atoms with E-state index in [9.17, 15) is 14.5 Å². The number of benzene rings is 3. The lowest BCUT2D eigenvalue weighted by Gasteiger charge is -2.21. The van der Waals surface area contributed by atoms with Gasteiger partial charge in [-0.1, -0.05) is 36.4 Å². The zero-order valence-electron chi connectivity index (χ0n) is 19.6. The number of carbonyl (C=O) groups excluding carboxylic acids is 1. The summed E-state index contributed by atoms with van der Waals surface area (Å²) in [7, 11) is 0. The maximum Gasteiger partial charge on any atom is 0.361 e. The Morgan fingerprint density at radius 1 is 0.912 bits per heavy atom. The fraction of sp³-hybridized carbons (Fsp3) is 0.321. The molecule has 0 radical (unpaired) electrons. The van der Waals surface area contributed by atoms with Crippen LogP contribution in [0.25, 0.3) is 11.1 Å². The molecule has 3 aromatic carbocycles. The van der Waals surface area contributed by atoms with Crippen molar-refractivity contribution in [2.45, 2.75) is 62.9 Å². The number of fused-ring (bicyclic) bond motifs is 2. The van der Waals surface area contributed by atoms with E-state index in [-0.39, 0.29) is 0 Å². The van der Waals surface area contributed by atoms with Crippen LogP contribution in [-0.4, -0.2) is 15.7 Å². The minimum Gasteiger partial charge on any atom is -0.588 e. The first kappa shape index (κ1) is 23.0. The van der Waals surface area contributed by atoms with Gasteiger partial charge in [0.05, 0.1) is 5.60 Å². The molecule has 1 atom stereocenters. The molecule has 0 fully saturated rings. The lowest BCUT2D eigenvalue weighted by Crippen LogP contribution is -2.35. The number of aliphatic hydroxyl groups is 1. The molecule has 3 N–H and O–H groups in total. The highest BCUT2D eigenvalue weighted by atomic mass is 32.2. The van der Waals surface area contributed by atoms with Gasteiger partial charge in [-0.3, -0.25) is 0 Å². The summed E-state index contributed by atoms with van der Waals surface area (Å²) in [6.07, 6.45) is 6.25. The van der Waals surface area contributed by atoms with Gasteiger partial charge in [-0.05, 0) is 97.4 Å². The van der Waals surface area contributed by atoms with E-state index in [1.165, 1.54) is 22.3 Å². The second-order valence-electron chi connectivity index (χ2n) is 9.73. The van der Waals surface area contributed by atoms with E-state index in [2.05, 4.69) is 16.1 Å². The van der Waals surface area contributed by atoms with Crippen LogP contribution in [0, 0.1) is 0 Å². The monoisotopic (exact) mass is 474 g/mol. The molecule has 0 bridgehead atoms. The van der Waals surface area contributed by atoms with Crippen molar-refractivity contribution >= 4 is 23.1 Å². The van der Waals surface area contributed by atoms with E-state index in [0.717, 1.165) is 55.3 Å². The topological polar surface area (TPSA) is 84.4 Å². The number of carbonyl (C=O) groups is 1. The van der Waals surface area contributed by atoms with Crippen molar-refractivity contribution in [2.75, 3.05) is 5.32 Å². The summed E-state index contributed by atoms with van der Waals surface area (Å²) in [5, 5.41) is 13.7. The van der Waals surface area contributed by atoms with Crippen LogP contribution in [0.4, 0.5) is 10.5 Å². The number of aryl methyl sites for hydroxylation is 2. The van der Waals surface area contributed by atoms with Crippen LogP contribution in [0.5, 0.6) is 0 Å². The van der Waals surface area contributed by atoms with Crippen LogP contribution in [-0.2, 0) is 42.6 Å². The fourth-order valence-electron chi connectivity index (χ4n) is 5.11. The van der Waals surface area contributed by atoms with E-state index in [1.54, 1.807) is 26.0 Å². The Bertz CT molecular complexity index is 1200. The number of hydrogen-bond donors (Lipinski definition) is 3. The molecule has 2 aliphatic rings. The van der Waals surface area contributed by atoms with E-state index < -0.39 is 23.0 Å². The molecule has 0 aliphatic heterocycles. The van der Waals surface area contributed by atoms with Crippen molar-refractivity contribution in [1.29, 1.82) is 0 Å². The van der Waals surface area contributed by atoms with Gasteiger partial charge in [0.1, 0.15) is 11.4 Å². The first-order valence-corrected chi connectivity index (χ1v) is 13.0. The van der Waals surface area contributed by atoms with Gasteiger partial charge >= 0.3 is 6.03 Å². The smallest absolute Gasteiger partial charge is 0.361 e. The molecule has 5 rings (SSSR count). The Morgan fingerprint density at radius 2 is 1.56 bits per heavy atom. The summed E-state index contributed by atoms with van der Waals surface area (Å²) in [4.78, 5) is 13.4. The molecular weight excluding hydrogens is 444 g/mol. The lowest BCUT2D eigenvalue weighted by molar-refractivity contribution is 0.0784. The number of urea groups is 1.